The maximum absolute atomic E-state index is 13.4. The topological polar surface area (TPSA) is 20.2 Å². The molecule has 0 amide bonds. The summed E-state index contributed by atoms with van der Waals surface area (Å²) in [6.45, 7) is 1.95. The summed E-state index contributed by atoms with van der Waals surface area (Å²) in [5.74, 6) is -0.425. The van der Waals surface area contributed by atoms with Gasteiger partial charge in [0.1, 0.15) is 11.6 Å². The molecule has 1 N–H and O–H groups in total. The van der Waals surface area contributed by atoms with E-state index in [1.165, 1.54) is 6.07 Å². The fourth-order valence-electron chi connectivity index (χ4n) is 1.39. The number of rotatable bonds is 1. The van der Waals surface area contributed by atoms with Crippen molar-refractivity contribution in [2.24, 2.45) is 0 Å². The Morgan fingerprint density at radius 1 is 1.21 bits per heavy atom. The first-order valence-corrected chi connectivity index (χ1v) is 5.09. The van der Waals surface area contributed by atoms with Crippen molar-refractivity contribution in [2.75, 3.05) is 0 Å². The number of hydrogen-bond acceptors (Lipinski definition) is 2. The average molecular weight is 208 g/mol. The Labute approximate surface area is 85.5 Å². The molecule has 72 valence electrons. The largest absolute Gasteiger partial charge is 0.508 e. The Hall–Kier alpha value is -1.35. The van der Waals surface area contributed by atoms with Crippen molar-refractivity contribution in [3.63, 3.8) is 0 Å². The van der Waals surface area contributed by atoms with Gasteiger partial charge < -0.3 is 5.11 Å². The van der Waals surface area contributed by atoms with Crippen molar-refractivity contribution in [3.05, 3.63) is 40.3 Å². The molecule has 0 aliphatic heterocycles. The second-order valence-electron chi connectivity index (χ2n) is 3.05. The van der Waals surface area contributed by atoms with Gasteiger partial charge in [0.15, 0.2) is 0 Å². The van der Waals surface area contributed by atoms with Crippen molar-refractivity contribution < 1.29 is 9.50 Å². The van der Waals surface area contributed by atoms with E-state index in [1.54, 1.807) is 17.4 Å². The van der Waals surface area contributed by atoms with Crippen LogP contribution in [0.1, 0.15) is 4.88 Å². The Bertz CT molecular complexity index is 462. The number of thiophene rings is 1. The molecule has 0 atom stereocenters. The van der Waals surface area contributed by atoms with E-state index in [9.17, 15) is 4.39 Å². The Kier molecular flexibility index (Phi) is 2.25. The first-order chi connectivity index (χ1) is 6.68. The summed E-state index contributed by atoms with van der Waals surface area (Å²) < 4.78 is 13.4. The highest BCUT2D eigenvalue weighted by Crippen LogP contribution is 2.30. The van der Waals surface area contributed by atoms with Gasteiger partial charge in [-0.25, -0.2) is 4.39 Å². The van der Waals surface area contributed by atoms with Crippen molar-refractivity contribution in [3.8, 4) is 16.9 Å². The molecule has 0 unspecified atom stereocenters. The second kappa shape index (κ2) is 3.42. The predicted octanol–water partition coefficient (Wildman–Crippen LogP) is 3.57. The number of phenols is 1. The molecule has 1 heterocycles. The third kappa shape index (κ3) is 1.51. The number of phenolic OH excluding ortho intramolecular Hbond substituents is 1. The number of hydrogen-bond donors (Lipinski definition) is 1. The van der Waals surface area contributed by atoms with Crippen LogP contribution in [0.3, 0.4) is 0 Å². The number of benzene rings is 1. The molecule has 1 nitrogen and oxygen atoms in total. The van der Waals surface area contributed by atoms with Crippen LogP contribution < -0.4 is 0 Å². The van der Waals surface area contributed by atoms with E-state index in [-0.39, 0.29) is 11.6 Å². The number of aromatic hydroxyl groups is 1. The lowest BCUT2D eigenvalue weighted by atomic mass is 10.1. The molecule has 0 saturated carbocycles. The smallest absolute Gasteiger partial charge is 0.134 e. The Morgan fingerprint density at radius 2 is 2.00 bits per heavy atom. The zero-order chi connectivity index (χ0) is 10.1. The minimum Gasteiger partial charge on any atom is -0.508 e. The molecule has 2 rings (SSSR count). The fourth-order valence-corrected chi connectivity index (χ4v) is 2.10. The lowest BCUT2D eigenvalue weighted by molar-refractivity contribution is 0.469. The summed E-state index contributed by atoms with van der Waals surface area (Å²) in [5, 5.41) is 11.0. The number of halogens is 1. The van der Waals surface area contributed by atoms with Gasteiger partial charge in [0.2, 0.25) is 0 Å². The van der Waals surface area contributed by atoms with Gasteiger partial charge in [-0.05, 0) is 36.1 Å². The zero-order valence-electron chi connectivity index (χ0n) is 7.62. The van der Waals surface area contributed by atoms with Crippen LogP contribution in [0.15, 0.2) is 29.6 Å². The van der Waals surface area contributed by atoms with E-state index in [0.717, 1.165) is 16.5 Å². The third-order valence-corrected chi connectivity index (χ3v) is 2.95. The molecule has 14 heavy (non-hydrogen) atoms. The number of aryl methyl sites for hydroxylation is 1. The summed E-state index contributed by atoms with van der Waals surface area (Å²) in [6.07, 6.45) is 0. The van der Waals surface area contributed by atoms with E-state index in [1.807, 2.05) is 18.4 Å². The van der Waals surface area contributed by atoms with Crippen LogP contribution in [-0.4, -0.2) is 5.11 Å². The van der Waals surface area contributed by atoms with Crippen LogP contribution in [0.4, 0.5) is 4.39 Å². The van der Waals surface area contributed by atoms with Gasteiger partial charge in [0.05, 0.1) is 0 Å². The minimum atomic E-state index is -0.383. The highest BCUT2D eigenvalue weighted by atomic mass is 32.1. The van der Waals surface area contributed by atoms with Gasteiger partial charge in [-0.3, -0.25) is 0 Å². The second-order valence-corrected chi connectivity index (χ2v) is 4.17. The lowest BCUT2D eigenvalue weighted by Gasteiger charge is -2.02. The quantitative estimate of drug-likeness (QED) is 0.759. The first-order valence-electron chi connectivity index (χ1n) is 4.21. The van der Waals surface area contributed by atoms with Crippen LogP contribution in [0.5, 0.6) is 5.75 Å². The predicted molar refractivity (Wildman–Crippen MR) is 56.1 cm³/mol. The van der Waals surface area contributed by atoms with Crippen molar-refractivity contribution in [1.29, 1.82) is 0 Å². The highest BCUT2D eigenvalue weighted by molar-refractivity contribution is 7.10. The molecular formula is C11H9FOS. The van der Waals surface area contributed by atoms with E-state index >= 15 is 0 Å². The first kappa shape index (κ1) is 9.21. The zero-order valence-corrected chi connectivity index (χ0v) is 8.44. The van der Waals surface area contributed by atoms with E-state index < -0.39 is 0 Å². The van der Waals surface area contributed by atoms with Gasteiger partial charge in [-0.2, -0.15) is 0 Å². The third-order valence-electron chi connectivity index (χ3n) is 2.10. The monoisotopic (exact) mass is 208 g/mol. The standard InChI is InChI=1S/C11H9FOS/c1-7-9(4-5-14-7)10-3-2-8(13)6-11(10)12/h2-6,13H,1H3. The van der Waals surface area contributed by atoms with Gasteiger partial charge in [0, 0.05) is 16.5 Å². The molecule has 2 aromatic rings. The maximum Gasteiger partial charge on any atom is 0.134 e. The molecule has 3 heteroatoms. The maximum atomic E-state index is 13.4. The molecule has 0 aliphatic carbocycles. The van der Waals surface area contributed by atoms with E-state index in [2.05, 4.69) is 0 Å². The van der Waals surface area contributed by atoms with Gasteiger partial charge in [-0.1, -0.05) is 0 Å². The summed E-state index contributed by atoms with van der Waals surface area (Å²) in [5.41, 5.74) is 1.44. The summed E-state index contributed by atoms with van der Waals surface area (Å²) in [4.78, 5) is 1.08. The molecule has 1 aromatic heterocycles. The van der Waals surface area contributed by atoms with Crippen LogP contribution in [0.2, 0.25) is 0 Å². The minimum absolute atomic E-state index is 0.0425. The van der Waals surface area contributed by atoms with Gasteiger partial charge in [0.25, 0.3) is 0 Å². The van der Waals surface area contributed by atoms with Crippen LogP contribution in [0.25, 0.3) is 11.1 Å². The van der Waals surface area contributed by atoms with Gasteiger partial charge in [-0.15, -0.1) is 11.3 Å². The molecule has 0 spiro atoms. The average Bonchev–Trinajstić information content (AvgIpc) is 2.52. The van der Waals surface area contributed by atoms with Gasteiger partial charge >= 0.3 is 0 Å². The molecule has 0 aliphatic rings. The van der Waals surface area contributed by atoms with Crippen molar-refractivity contribution in [2.45, 2.75) is 6.92 Å². The molecule has 0 fully saturated rings. The van der Waals surface area contributed by atoms with Crippen molar-refractivity contribution in [1.82, 2.24) is 0 Å². The Balaban J connectivity index is 2.58. The summed E-state index contributed by atoms with van der Waals surface area (Å²) >= 11 is 1.58. The Morgan fingerprint density at radius 3 is 2.57 bits per heavy atom. The highest BCUT2D eigenvalue weighted by Gasteiger charge is 2.08. The van der Waals surface area contributed by atoms with Crippen LogP contribution in [-0.2, 0) is 0 Å². The SMILES string of the molecule is Cc1sccc1-c1ccc(O)cc1F. The molecule has 0 saturated heterocycles. The fraction of sp³-hybridized carbons (Fsp3) is 0.0909. The molecular weight excluding hydrogens is 199 g/mol. The molecule has 0 bridgehead atoms. The molecule has 0 radical (unpaired) electrons. The van der Waals surface area contributed by atoms with Crippen LogP contribution in [0, 0.1) is 12.7 Å². The lowest BCUT2D eigenvalue weighted by Crippen LogP contribution is -1.83. The van der Waals surface area contributed by atoms with Crippen molar-refractivity contribution >= 4 is 11.3 Å². The molecule has 1 aromatic carbocycles. The summed E-state index contributed by atoms with van der Waals surface area (Å²) in [7, 11) is 0. The van der Waals surface area contributed by atoms with Crippen LogP contribution >= 0.6 is 11.3 Å². The van der Waals surface area contributed by atoms with E-state index in [0.29, 0.717) is 5.56 Å². The van der Waals surface area contributed by atoms with E-state index in [4.69, 9.17) is 5.11 Å². The summed E-state index contributed by atoms with van der Waals surface area (Å²) in [6, 6.07) is 6.11. The normalized spacial score (nSPS) is 10.4.